The van der Waals surface area contributed by atoms with E-state index in [0.29, 0.717) is 17.8 Å². The van der Waals surface area contributed by atoms with Gasteiger partial charge in [-0.25, -0.2) is 4.79 Å². The second-order valence-corrected chi connectivity index (χ2v) is 6.69. The minimum atomic E-state index is -0.583. The van der Waals surface area contributed by atoms with Crippen molar-refractivity contribution >= 4 is 17.7 Å². The van der Waals surface area contributed by atoms with E-state index in [1.807, 2.05) is 18.2 Å². The van der Waals surface area contributed by atoms with Gasteiger partial charge < -0.3 is 9.64 Å². The lowest BCUT2D eigenvalue weighted by Crippen LogP contribution is -2.28. The van der Waals surface area contributed by atoms with Crippen molar-refractivity contribution in [2.75, 3.05) is 12.4 Å². The molecule has 132 valence electrons. The molecular weight excluding hydrogens is 318 g/mol. The molecule has 2 aromatic rings. The number of ether oxygens (including phenoxy) is 1. The van der Waals surface area contributed by atoms with E-state index in [2.05, 4.69) is 10.3 Å². The summed E-state index contributed by atoms with van der Waals surface area (Å²) in [5, 5.41) is 2.64. The number of nitrogens with one attached hydrogen (secondary N) is 1. The van der Waals surface area contributed by atoms with Gasteiger partial charge in [0.15, 0.2) is 0 Å². The molecule has 1 heterocycles. The first-order valence-corrected chi connectivity index (χ1v) is 8.00. The van der Waals surface area contributed by atoms with Gasteiger partial charge in [0.05, 0.1) is 12.2 Å². The van der Waals surface area contributed by atoms with E-state index in [0.717, 1.165) is 5.69 Å². The summed E-state index contributed by atoms with van der Waals surface area (Å²) in [5.74, 6) is -0.154. The molecule has 0 aliphatic carbocycles. The predicted octanol–water partition coefficient (Wildman–Crippen LogP) is 3.70. The van der Waals surface area contributed by atoms with Crippen LogP contribution in [0.4, 0.5) is 10.5 Å². The Morgan fingerprint density at radius 2 is 1.92 bits per heavy atom. The van der Waals surface area contributed by atoms with Gasteiger partial charge in [-0.05, 0) is 51.1 Å². The highest BCUT2D eigenvalue weighted by atomic mass is 16.6. The third-order valence-electron chi connectivity index (χ3n) is 3.23. The normalized spacial score (nSPS) is 10.9. The quantitative estimate of drug-likeness (QED) is 0.920. The average molecular weight is 341 g/mol. The standard InChI is InChI=1S/C19H23N3O3/c1-19(2,3)25-18(24)21-15-10-7-8-14(12-15)17(23)22(4)13-16-9-5-6-11-20-16/h5-12H,13H2,1-4H3,(H,21,24). The fourth-order valence-electron chi connectivity index (χ4n) is 2.18. The summed E-state index contributed by atoms with van der Waals surface area (Å²) in [4.78, 5) is 30.2. The first kappa shape index (κ1) is 18.4. The molecule has 0 bridgehead atoms. The molecule has 0 aliphatic rings. The van der Waals surface area contributed by atoms with E-state index in [-0.39, 0.29) is 5.91 Å². The van der Waals surface area contributed by atoms with Gasteiger partial charge in [-0.1, -0.05) is 12.1 Å². The van der Waals surface area contributed by atoms with Crippen LogP contribution in [0.25, 0.3) is 0 Å². The summed E-state index contributed by atoms with van der Waals surface area (Å²) in [5.41, 5.74) is 1.21. The highest BCUT2D eigenvalue weighted by molar-refractivity contribution is 5.96. The third kappa shape index (κ3) is 5.91. The van der Waals surface area contributed by atoms with Crippen molar-refractivity contribution in [2.24, 2.45) is 0 Å². The lowest BCUT2D eigenvalue weighted by atomic mass is 10.1. The van der Waals surface area contributed by atoms with Gasteiger partial charge in [-0.2, -0.15) is 0 Å². The van der Waals surface area contributed by atoms with Crippen LogP contribution in [0.5, 0.6) is 0 Å². The molecule has 0 atom stereocenters. The average Bonchev–Trinajstić information content (AvgIpc) is 2.53. The van der Waals surface area contributed by atoms with Crippen molar-refractivity contribution in [1.29, 1.82) is 0 Å². The van der Waals surface area contributed by atoms with Gasteiger partial charge in [-0.15, -0.1) is 0 Å². The Morgan fingerprint density at radius 1 is 1.16 bits per heavy atom. The molecule has 0 radical (unpaired) electrons. The zero-order chi connectivity index (χ0) is 18.4. The molecule has 0 spiro atoms. The molecule has 6 heteroatoms. The maximum absolute atomic E-state index is 12.6. The van der Waals surface area contributed by atoms with Crippen LogP contribution in [-0.4, -0.2) is 34.5 Å². The summed E-state index contributed by atoms with van der Waals surface area (Å²) in [6.45, 7) is 5.78. The van der Waals surface area contributed by atoms with Gasteiger partial charge in [0.1, 0.15) is 5.60 Å². The molecule has 6 nitrogen and oxygen atoms in total. The van der Waals surface area contributed by atoms with Crippen LogP contribution in [0.3, 0.4) is 0 Å². The third-order valence-corrected chi connectivity index (χ3v) is 3.23. The Labute approximate surface area is 147 Å². The zero-order valence-corrected chi connectivity index (χ0v) is 14.9. The van der Waals surface area contributed by atoms with Gasteiger partial charge >= 0.3 is 6.09 Å². The number of amides is 2. The number of benzene rings is 1. The number of carbonyl (C=O) groups is 2. The fraction of sp³-hybridized carbons (Fsp3) is 0.316. The topological polar surface area (TPSA) is 71.5 Å². The monoisotopic (exact) mass is 341 g/mol. The number of rotatable bonds is 4. The minimum absolute atomic E-state index is 0.154. The highest BCUT2D eigenvalue weighted by Gasteiger charge is 2.17. The van der Waals surface area contributed by atoms with Gasteiger partial charge in [-0.3, -0.25) is 15.1 Å². The van der Waals surface area contributed by atoms with Crippen molar-refractivity contribution in [3.8, 4) is 0 Å². The van der Waals surface area contributed by atoms with Crippen LogP contribution >= 0.6 is 0 Å². The number of hydrogen-bond acceptors (Lipinski definition) is 4. The molecule has 0 fully saturated rings. The molecule has 25 heavy (non-hydrogen) atoms. The SMILES string of the molecule is CN(Cc1ccccn1)C(=O)c1cccc(NC(=O)OC(C)(C)C)c1. The molecule has 0 saturated heterocycles. The second-order valence-electron chi connectivity index (χ2n) is 6.69. The van der Waals surface area contributed by atoms with Crippen LogP contribution < -0.4 is 5.32 Å². The molecule has 1 aromatic heterocycles. The number of aromatic nitrogens is 1. The minimum Gasteiger partial charge on any atom is -0.444 e. The second kappa shape index (κ2) is 7.79. The zero-order valence-electron chi connectivity index (χ0n) is 14.9. The molecule has 0 aliphatic heterocycles. The number of anilines is 1. The smallest absolute Gasteiger partial charge is 0.412 e. The lowest BCUT2D eigenvalue weighted by Gasteiger charge is -2.20. The molecule has 2 amide bonds. The van der Waals surface area contributed by atoms with Crippen molar-refractivity contribution in [2.45, 2.75) is 32.9 Å². The van der Waals surface area contributed by atoms with Crippen molar-refractivity contribution < 1.29 is 14.3 Å². The Hall–Kier alpha value is -2.89. The summed E-state index contributed by atoms with van der Waals surface area (Å²) in [6, 6.07) is 12.3. The van der Waals surface area contributed by atoms with E-state index in [4.69, 9.17) is 4.74 Å². The maximum Gasteiger partial charge on any atom is 0.412 e. The van der Waals surface area contributed by atoms with Gasteiger partial charge in [0, 0.05) is 24.5 Å². The number of nitrogens with zero attached hydrogens (tertiary/aromatic N) is 2. The Balaban J connectivity index is 2.04. The van der Waals surface area contributed by atoms with E-state index >= 15 is 0 Å². The Morgan fingerprint density at radius 3 is 2.56 bits per heavy atom. The summed E-state index contributed by atoms with van der Waals surface area (Å²) >= 11 is 0. The number of carbonyl (C=O) groups excluding carboxylic acids is 2. The first-order valence-electron chi connectivity index (χ1n) is 8.00. The van der Waals surface area contributed by atoms with E-state index in [1.165, 1.54) is 0 Å². The van der Waals surface area contributed by atoms with E-state index in [9.17, 15) is 9.59 Å². The lowest BCUT2D eigenvalue weighted by molar-refractivity contribution is 0.0635. The van der Waals surface area contributed by atoms with E-state index < -0.39 is 11.7 Å². The highest BCUT2D eigenvalue weighted by Crippen LogP contribution is 2.15. The van der Waals surface area contributed by atoms with Crippen LogP contribution in [0.2, 0.25) is 0 Å². The van der Waals surface area contributed by atoms with Crippen LogP contribution in [-0.2, 0) is 11.3 Å². The van der Waals surface area contributed by atoms with Gasteiger partial charge in [0.25, 0.3) is 5.91 Å². The summed E-state index contributed by atoms with van der Waals surface area (Å²) in [7, 11) is 1.71. The summed E-state index contributed by atoms with van der Waals surface area (Å²) in [6.07, 6.45) is 1.14. The first-order chi connectivity index (χ1) is 11.7. The largest absolute Gasteiger partial charge is 0.444 e. The van der Waals surface area contributed by atoms with E-state index in [1.54, 1.807) is 63.2 Å². The van der Waals surface area contributed by atoms with Gasteiger partial charge in [0.2, 0.25) is 0 Å². The summed E-state index contributed by atoms with van der Waals surface area (Å²) < 4.78 is 5.21. The molecule has 1 aromatic carbocycles. The van der Waals surface area contributed by atoms with Crippen LogP contribution in [0, 0.1) is 0 Å². The Kier molecular flexibility index (Phi) is 5.75. The number of hydrogen-bond donors (Lipinski definition) is 1. The van der Waals surface area contributed by atoms with Crippen molar-refractivity contribution in [3.05, 3.63) is 59.9 Å². The van der Waals surface area contributed by atoms with Crippen LogP contribution in [0.1, 0.15) is 36.8 Å². The Bertz CT molecular complexity index is 739. The molecule has 2 rings (SSSR count). The molecular formula is C19H23N3O3. The van der Waals surface area contributed by atoms with Crippen LogP contribution in [0.15, 0.2) is 48.7 Å². The fourth-order valence-corrected chi connectivity index (χ4v) is 2.18. The molecule has 0 unspecified atom stereocenters. The maximum atomic E-state index is 12.6. The number of pyridine rings is 1. The van der Waals surface area contributed by atoms with Crippen molar-refractivity contribution in [1.82, 2.24) is 9.88 Å². The molecule has 1 N–H and O–H groups in total. The predicted molar refractivity (Wildman–Crippen MR) is 96.3 cm³/mol. The molecule has 0 saturated carbocycles. The van der Waals surface area contributed by atoms with Crippen molar-refractivity contribution in [3.63, 3.8) is 0 Å².